The Labute approximate surface area is 161 Å². The Morgan fingerprint density at radius 1 is 0.963 bits per heavy atom. The standard InChI is InChI=1S/C22H28N2O3/c1-5-6-13-27-19-12-7-9-16(14-19)20(25)23-17-10-8-11-18(15-17)24-21(26)22(2,3)4/h7-12,14-15H,5-6,13H2,1-4H3,(H,23,25)(H,24,26). The number of nitrogens with one attached hydrogen (secondary N) is 2. The van der Waals surface area contributed by atoms with Crippen molar-refractivity contribution in [2.45, 2.75) is 40.5 Å². The van der Waals surface area contributed by atoms with Crippen molar-refractivity contribution in [1.29, 1.82) is 0 Å². The van der Waals surface area contributed by atoms with Gasteiger partial charge in [0.2, 0.25) is 5.91 Å². The van der Waals surface area contributed by atoms with Gasteiger partial charge in [-0.1, -0.05) is 46.2 Å². The third kappa shape index (κ3) is 6.44. The average Bonchev–Trinajstić information content (AvgIpc) is 2.62. The molecule has 5 nitrogen and oxygen atoms in total. The van der Waals surface area contributed by atoms with E-state index in [1.807, 2.05) is 26.8 Å². The minimum Gasteiger partial charge on any atom is -0.494 e. The third-order valence-electron chi connectivity index (χ3n) is 3.92. The topological polar surface area (TPSA) is 67.4 Å². The molecule has 2 aromatic rings. The second kappa shape index (κ2) is 9.21. The molecule has 2 N–H and O–H groups in total. The van der Waals surface area contributed by atoms with Crippen molar-refractivity contribution in [2.75, 3.05) is 17.2 Å². The highest BCUT2D eigenvalue weighted by atomic mass is 16.5. The highest BCUT2D eigenvalue weighted by molar-refractivity contribution is 6.05. The average molecular weight is 368 g/mol. The summed E-state index contributed by atoms with van der Waals surface area (Å²) in [6.45, 7) is 8.29. The maximum Gasteiger partial charge on any atom is 0.255 e. The van der Waals surface area contributed by atoms with Crippen LogP contribution in [-0.4, -0.2) is 18.4 Å². The number of ether oxygens (including phenoxy) is 1. The fraction of sp³-hybridized carbons (Fsp3) is 0.364. The van der Waals surface area contributed by atoms with E-state index in [0.29, 0.717) is 29.3 Å². The van der Waals surface area contributed by atoms with Gasteiger partial charge < -0.3 is 15.4 Å². The van der Waals surface area contributed by atoms with Gasteiger partial charge in [-0.05, 0) is 42.8 Å². The molecule has 0 aromatic heterocycles. The number of carbonyl (C=O) groups is 2. The van der Waals surface area contributed by atoms with Gasteiger partial charge in [-0.3, -0.25) is 9.59 Å². The molecule has 0 bridgehead atoms. The number of carbonyl (C=O) groups excluding carboxylic acids is 2. The SMILES string of the molecule is CCCCOc1cccc(C(=O)Nc2cccc(NC(=O)C(C)(C)C)c2)c1. The smallest absolute Gasteiger partial charge is 0.255 e. The first-order valence-electron chi connectivity index (χ1n) is 9.25. The summed E-state index contributed by atoms with van der Waals surface area (Å²) in [7, 11) is 0. The lowest BCUT2D eigenvalue weighted by molar-refractivity contribution is -0.123. The zero-order valence-corrected chi connectivity index (χ0v) is 16.5. The molecule has 0 atom stereocenters. The minimum atomic E-state index is -0.489. The molecule has 2 amide bonds. The molecule has 2 aromatic carbocycles. The quantitative estimate of drug-likeness (QED) is 0.668. The molecule has 0 unspecified atom stereocenters. The van der Waals surface area contributed by atoms with Crippen LogP contribution in [0.5, 0.6) is 5.75 Å². The van der Waals surface area contributed by atoms with Crippen LogP contribution in [0.15, 0.2) is 48.5 Å². The van der Waals surface area contributed by atoms with E-state index < -0.39 is 5.41 Å². The molecule has 5 heteroatoms. The van der Waals surface area contributed by atoms with E-state index in [1.54, 1.807) is 42.5 Å². The van der Waals surface area contributed by atoms with Crippen LogP contribution in [0.1, 0.15) is 50.9 Å². The van der Waals surface area contributed by atoms with E-state index >= 15 is 0 Å². The molecule has 0 fully saturated rings. The predicted molar refractivity (Wildman–Crippen MR) is 109 cm³/mol. The molecule has 27 heavy (non-hydrogen) atoms. The van der Waals surface area contributed by atoms with Crippen molar-refractivity contribution in [2.24, 2.45) is 5.41 Å². The highest BCUT2D eigenvalue weighted by Crippen LogP contribution is 2.21. The van der Waals surface area contributed by atoms with Crippen molar-refractivity contribution in [3.05, 3.63) is 54.1 Å². The summed E-state index contributed by atoms with van der Waals surface area (Å²) in [5, 5.41) is 5.72. The summed E-state index contributed by atoms with van der Waals surface area (Å²) in [4.78, 5) is 24.7. The van der Waals surface area contributed by atoms with Crippen LogP contribution in [0, 0.1) is 5.41 Å². The van der Waals surface area contributed by atoms with Crippen molar-refractivity contribution < 1.29 is 14.3 Å². The van der Waals surface area contributed by atoms with Gasteiger partial charge >= 0.3 is 0 Å². The summed E-state index contributed by atoms with van der Waals surface area (Å²) in [6, 6.07) is 14.2. The molecule has 2 rings (SSSR count). The number of amides is 2. The number of unbranched alkanes of at least 4 members (excludes halogenated alkanes) is 1. The summed E-state index contributed by atoms with van der Waals surface area (Å²) in [5.74, 6) is 0.375. The monoisotopic (exact) mass is 368 g/mol. The second-order valence-corrected chi connectivity index (χ2v) is 7.47. The van der Waals surface area contributed by atoms with Crippen LogP contribution in [-0.2, 0) is 4.79 Å². The van der Waals surface area contributed by atoms with Crippen LogP contribution < -0.4 is 15.4 Å². The second-order valence-electron chi connectivity index (χ2n) is 7.47. The summed E-state index contributed by atoms with van der Waals surface area (Å²) >= 11 is 0. The van der Waals surface area contributed by atoms with Crippen LogP contribution in [0.3, 0.4) is 0 Å². The molecular weight excluding hydrogens is 340 g/mol. The normalized spacial score (nSPS) is 11.0. The zero-order valence-electron chi connectivity index (χ0n) is 16.5. The minimum absolute atomic E-state index is 0.0806. The van der Waals surface area contributed by atoms with Gasteiger partial charge in [0.15, 0.2) is 0 Å². The maximum absolute atomic E-state index is 12.5. The first kappa shape index (κ1) is 20.5. The molecule has 0 aliphatic rings. The fourth-order valence-electron chi connectivity index (χ4n) is 2.26. The summed E-state index contributed by atoms with van der Waals surface area (Å²) in [6.07, 6.45) is 2.03. The van der Waals surface area contributed by atoms with Crippen LogP contribution >= 0.6 is 0 Å². The Hall–Kier alpha value is -2.82. The summed E-state index contributed by atoms with van der Waals surface area (Å²) < 4.78 is 5.65. The largest absolute Gasteiger partial charge is 0.494 e. The lowest BCUT2D eigenvalue weighted by Gasteiger charge is -2.18. The van der Waals surface area contributed by atoms with Gasteiger partial charge in [-0.15, -0.1) is 0 Å². The van der Waals surface area contributed by atoms with E-state index in [0.717, 1.165) is 12.8 Å². The van der Waals surface area contributed by atoms with E-state index in [9.17, 15) is 9.59 Å². The van der Waals surface area contributed by atoms with E-state index in [-0.39, 0.29) is 11.8 Å². The molecular formula is C22H28N2O3. The lowest BCUT2D eigenvalue weighted by Crippen LogP contribution is -2.27. The molecule has 0 heterocycles. The van der Waals surface area contributed by atoms with Crippen molar-refractivity contribution in [3.63, 3.8) is 0 Å². The van der Waals surface area contributed by atoms with Gasteiger partial charge in [-0.2, -0.15) is 0 Å². The highest BCUT2D eigenvalue weighted by Gasteiger charge is 2.21. The molecule has 144 valence electrons. The van der Waals surface area contributed by atoms with Gasteiger partial charge in [0.25, 0.3) is 5.91 Å². The van der Waals surface area contributed by atoms with E-state index in [1.165, 1.54) is 0 Å². The van der Waals surface area contributed by atoms with Crippen LogP contribution in [0.2, 0.25) is 0 Å². The van der Waals surface area contributed by atoms with Gasteiger partial charge in [0, 0.05) is 22.4 Å². The van der Waals surface area contributed by atoms with Crippen LogP contribution in [0.4, 0.5) is 11.4 Å². The first-order chi connectivity index (χ1) is 12.8. The van der Waals surface area contributed by atoms with Crippen molar-refractivity contribution >= 4 is 23.2 Å². The van der Waals surface area contributed by atoms with E-state index in [4.69, 9.17) is 4.74 Å². The lowest BCUT2D eigenvalue weighted by atomic mass is 9.95. The summed E-state index contributed by atoms with van der Waals surface area (Å²) in [5.41, 5.74) is 1.29. The predicted octanol–water partition coefficient (Wildman–Crippen LogP) is 5.10. The first-order valence-corrected chi connectivity index (χ1v) is 9.25. The molecule has 0 spiro atoms. The van der Waals surface area contributed by atoms with Gasteiger partial charge in [0.1, 0.15) is 5.75 Å². The fourth-order valence-corrected chi connectivity index (χ4v) is 2.26. The zero-order chi connectivity index (χ0) is 19.9. The van der Waals surface area contributed by atoms with Crippen molar-refractivity contribution in [1.82, 2.24) is 0 Å². The molecule has 0 aliphatic carbocycles. The Morgan fingerprint density at radius 2 is 1.63 bits per heavy atom. The van der Waals surface area contributed by atoms with Crippen LogP contribution in [0.25, 0.3) is 0 Å². The van der Waals surface area contributed by atoms with Gasteiger partial charge in [0.05, 0.1) is 6.61 Å². The van der Waals surface area contributed by atoms with E-state index in [2.05, 4.69) is 17.6 Å². The molecule has 0 radical (unpaired) electrons. The Kier molecular flexibility index (Phi) is 6.99. The number of hydrogen-bond acceptors (Lipinski definition) is 3. The van der Waals surface area contributed by atoms with Crippen molar-refractivity contribution in [3.8, 4) is 5.75 Å². The van der Waals surface area contributed by atoms with Gasteiger partial charge in [-0.25, -0.2) is 0 Å². The number of anilines is 2. The Bertz CT molecular complexity index is 794. The number of rotatable bonds is 7. The molecule has 0 aliphatic heterocycles. The Balaban J connectivity index is 2.04. The third-order valence-corrected chi connectivity index (χ3v) is 3.92. The number of benzene rings is 2. The Morgan fingerprint density at radius 3 is 2.30 bits per heavy atom. The molecule has 0 saturated carbocycles. The molecule has 0 saturated heterocycles. The number of hydrogen-bond donors (Lipinski definition) is 2. The maximum atomic E-state index is 12.5.